The lowest BCUT2D eigenvalue weighted by molar-refractivity contribution is -0.140. The molecule has 1 amide bonds. The van der Waals surface area contributed by atoms with Crippen molar-refractivity contribution in [3.05, 3.63) is 69.7 Å². The van der Waals surface area contributed by atoms with E-state index < -0.39 is 17.7 Å². The van der Waals surface area contributed by atoms with E-state index in [-0.39, 0.29) is 24.5 Å². The predicted octanol–water partition coefficient (Wildman–Crippen LogP) is 3.92. The summed E-state index contributed by atoms with van der Waals surface area (Å²) < 4.78 is 11.5. The molecular weight excluding hydrogens is 438 g/mol. The van der Waals surface area contributed by atoms with E-state index in [1.54, 1.807) is 24.3 Å². The molecule has 1 N–H and O–H groups in total. The van der Waals surface area contributed by atoms with E-state index in [9.17, 15) is 14.7 Å². The van der Waals surface area contributed by atoms with E-state index in [0.717, 1.165) is 10.0 Å². The number of carbonyl (C=O) groups excluding carboxylic acids is 2. The van der Waals surface area contributed by atoms with Crippen LogP contribution in [0.3, 0.4) is 0 Å². The molecule has 1 aliphatic heterocycles. The van der Waals surface area contributed by atoms with Crippen LogP contribution in [0.25, 0.3) is 5.76 Å². The summed E-state index contributed by atoms with van der Waals surface area (Å²) in [5.74, 6) is -1.02. The average Bonchev–Trinajstić information content (AvgIpc) is 2.97. The van der Waals surface area contributed by atoms with Crippen LogP contribution in [-0.2, 0) is 14.3 Å². The summed E-state index contributed by atoms with van der Waals surface area (Å²) in [5, 5.41) is 11.0. The van der Waals surface area contributed by atoms with Gasteiger partial charge >= 0.3 is 0 Å². The third-order valence-electron chi connectivity index (χ3n) is 4.68. The monoisotopic (exact) mass is 459 g/mol. The van der Waals surface area contributed by atoms with Gasteiger partial charge in [0.15, 0.2) is 0 Å². The van der Waals surface area contributed by atoms with Crippen molar-refractivity contribution >= 4 is 33.4 Å². The molecule has 0 spiro atoms. The van der Waals surface area contributed by atoms with Gasteiger partial charge in [-0.15, -0.1) is 0 Å². The molecule has 1 aliphatic rings. The maximum absolute atomic E-state index is 12.9. The zero-order valence-electron chi connectivity index (χ0n) is 16.2. The predicted molar refractivity (Wildman–Crippen MR) is 113 cm³/mol. The second-order valence-electron chi connectivity index (χ2n) is 6.50. The molecule has 0 radical (unpaired) electrons. The van der Waals surface area contributed by atoms with E-state index in [2.05, 4.69) is 15.9 Å². The number of halogens is 1. The maximum Gasteiger partial charge on any atom is 0.295 e. The molecule has 0 bridgehead atoms. The minimum atomic E-state index is -0.715. The fourth-order valence-corrected chi connectivity index (χ4v) is 3.61. The summed E-state index contributed by atoms with van der Waals surface area (Å²) in [6.45, 7) is 2.85. The van der Waals surface area contributed by atoms with Gasteiger partial charge in [-0.25, -0.2) is 0 Å². The summed E-state index contributed by atoms with van der Waals surface area (Å²) >= 11 is 3.40. The fourth-order valence-electron chi connectivity index (χ4n) is 3.35. The first kappa shape index (κ1) is 21.1. The molecule has 1 unspecified atom stereocenters. The van der Waals surface area contributed by atoms with E-state index in [1.165, 1.54) is 12.0 Å². The van der Waals surface area contributed by atoms with Crippen molar-refractivity contribution in [2.75, 3.05) is 26.9 Å². The highest BCUT2D eigenvalue weighted by Gasteiger charge is 2.45. The molecule has 152 valence electrons. The molecule has 3 rings (SSSR count). The molecule has 1 saturated heterocycles. The van der Waals surface area contributed by atoms with Crippen LogP contribution >= 0.6 is 15.9 Å². The number of hydrogen-bond donors (Lipinski definition) is 1. The summed E-state index contributed by atoms with van der Waals surface area (Å²) in [5.41, 5.74) is 1.20. The van der Waals surface area contributed by atoms with Gasteiger partial charge in [-0.05, 0) is 36.8 Å². The maximum atomic E-state index is 12.9. The Bertz CT molecular complexity index is 938. The minimum absolute atomic E-state index is 0.0575. The van der Waals surface area contributed by atoms with Crippen LogP contribution in [0.5, 0.6) is 5.75 Å². The van der Waals surface area contributed by atoms with Crippen LogP contribution in [0, 0.1) is 0 Å². The van der Waals surface area contributed by atoms with Crippen molar-refractivity contribution in [1.82, 2.24) is 4.90 Å². The Labute approximate surface area is 177 Å². The van der Waals surface area contributed by atoms with Crippen molar-refractivity contribution in [2.45, 2.75) is 13.0 Å². The second kappa shape index (κ2) is 9.24. The second-order valence-corrected chi connectivity index (χ2v) is 7.41. The summed E-state index contributed by atoms with van der Waals surface area (Å²) in [6.07, 6.45) is 0. The quantitative estimate of drug-likeness (QED) is 0.385. The van der Waals surface area contributed by atoms with Gasteiger partial charge in [0.1, 0.15) is 11.5 Å². The third-order valence-corrected chi connectivity index (χ3v) is 5.21. The number of ketones is 1. The fraction of sp³-hybridized carbons (Fsp3) is 0.273. The molecule has 2 aromatic rings. The molecule has 0 aliphatic carbocycles. The number of likely N-dealkylation sites (tertiary alicyclic amines) is 1. The Balaban J connectivity index is 2.13. The number of aliphatic hydroxyl groups excluding tert-OH is 1. The van der Waals surface area contributed by atoms with Gasteiger partial charge in [-0.3, -0.25) is 9.59 Å². The highest BCUT2D eigenvalue weighted by molar-refractivity contribution is 9.10. The standard InChI is InChI=1S/C22H22BrNO5/c1-3-29-17-6-4-5-15(13-17)20(25)18-19(14-7-9-16(23)10-8-14)24(11-12-28-2)22(27)21(18)26/h4-10,13,19,25H,3,11-12H2,1-2H3/b20-18+. The van der Waals surface area contributed by atoms with Crippen molar-refractivity contribution in [3.8, 4) is 5.75 Å². The number of Topliss-reactive ketones (excluding diaryl/α,β-unsaturated/α-hetero) is 1. The number of benzene rings is 2. The number of aliphatic hydroxyl groups is 1. The molecule has 0 aromatic heterocycles. The molecular formula is C22H22BrNO5. The molecule has 29 heavy (non-hydrogen) atoms. The third kappa shape index (κ3) is 4.36. The normalized spacial score (nSPS) is 18.3. The summed E-state index contributed by atoms with van der Waals surface area (Å²) in [6, 6.07) is 13.4. The number of methoxy groups -OCH3 is 1. The Morgan fingerprint density at radius 3 is 2.55 bits per heavy atom. The van der Waals surface area contributed by atoms with Gasteiger partial charge in [-0.2, -0.15) is 0 Å². The van der Waals surface area contributed by atoms with Gasteiger partial charge in [-0.1, -0.05) is 40.2 Å². The van der Waals surface area contributed by atoms with Crippen LogP contribution in [0.2, 0.25) is 0 Å². The topological polar surface area (TPSA) is 76.1 Å². The lowest BCUT2D eigenvalue weighted by Gasteiger charge is -2.25. The van der Waals surface area contributed by atoms with Crippen molar-refractivity contribution in [2.24, 2.45) is 0 Å². The van der Waals surface area contributed by atoms with Crippen LogP contribution in [0.15, 0.2) is 58.6 Å². The zero-order valence-corrected chi connectivity index (χ0v) is 17.8. The molecule has 1 fully saturated rings. The van der Waals surface area contributed by atoms with Crippen LogP contribution < -0.4 is 4.74 Å². The Hall–Kier alpha value is -2.64. The number of carbonyl (C=O) groups is 2. The number of amides is 1. The molecule has 2 aromatic carbocycles. The smallest absolute Gasteiger partial charge is 0.295 e. The SMILES string of the molecule is CCOc1cccc(/C(O)=C2\C(=O)C(=O)N(CCOC)C2c2ccc(Br)cc2)c1. The lowest BCUT2D eigenvalue weighted by atomic mass is 9.95. The van der Waals surface area contributed by atoms with E-state index >= 15 is 0 Å². The van der Waals surface area contributed by atoms with Gasteiger partial charge in [0.2, 0.25) is 0 Å². The number of ether oxygens (including phenoxy) is 2. The number of rotatable bonds is 7. The zero-order chi connectivity index (χ0) is 21.0. The summed E-state index contributed by atoms with van der Waals surface area (Å²) in [4.78, 5) is 27.0. The summed E-state index contributed by atoms with van der Waals surface area (Å²) in [7, 11) is 1.53. The first-order valence-corrected chi connectivity index (χ1v) is 10.0. The Morgan fingerprint density at radius 2 is 1.90 bits per heavy atom. The van der Waals surface area contributed by atoms with Crippen LogP contribution in [-0.4, -0.2) is 48.6 Å². The minimum Gasteiger partial charge on any atom is -0.507 e. The lowest BCUT2D eigenvalue weighted by Crippen LogP contribution is -2.32. The highest BCUT2D eigenvalue weighted by atomic mass is 79.9. The Kier molecular flexibility index (Phi) is 6.71. The number of hydrogen-bond acceptors (Lipinski definition) is 5. The highest BCUT2D eigenvalue weighted by Crippen LogP contribution is 2.39. The molecule has 1 atom stereocenters. The van der Waals surface area contributed by atoms with Gasteiger partial charge in [0.05, 0.1) is 24.8 Å². The molecule has 1 heterocycles. The molecule has 0 saturated carbocycles. The molecule has 6 nitrogen and oxygen atoms in total. The average molecular weight is 460 g/mol. The molecule has 7 heteroatoms. The first-order chi connectivity index (χ1) is 14.0. The van der Waals surface area contributed by atoms with Crippen LogP contribution in [0.4, 0.5) is 0 Å². The van der Waals surface area contributed by atoms with E-state index in [0.29, 0.717) is 17.9 Å². The number of nitrogens with zero attached hydrogens (tertiary/aromatic N) is 1. The van der Waals surface area contributed by atoms with Crippen LogP contribution in [0.1, 0.15) is 24.1 Å². The van der Waals surface area contributed by atoms with Gasteiger partial charge in [0, 0.05) is 23.7 Å². The van der Waals surface area contributed by atoms with Crippen molar-refractivity contribution in [3.63, 3.8) is 0 Å². The van der Waals surface area contributed by atoms with Gasteiger partial charge in [0.25, 0.3) is 11.7 Å². The first-order valence-electron chi connectivity index (χ1n) is 9.24. The van der Waals surface area contributed by atoms with E-state index in [1.807, 2.05) is 31.2 Å². The largest absolute Gasteiger partial charge is 0.507 e. The van der Waals surface area contributed by atoms with Crippen molar-refractivity contribution < 1.29 is 24.2 Å². The van der Waals surface area contributed by atoms with Crippen molar-refractivity contribution in [1.29, 1.82) is 0 Å². The Morgan fingerprint density at radius 1 is 1.17 bits per heavy atom. The van der Waals surface area contributed by atoms with E-state index in [4.69, 9.17) is 9.47 Å². The van der Waals surface area contributed by atoms with Gasteiger partial charge < -0.3 is 19.5 Å².